The molecule has 5 fully saturated rings. The number of ether oxygens (including phenoxy) is 1. The quantitative estimate of drug-likeness (QED) is 0.0316. The first-order valence-corrected chi connectivity index (χ1v) is 40.1. The monoisotopic (exact) mass is 1630 g/mol. The van der Waals surface area contributed by atoms with Gasteiger partial charge in [-0.05, 0) is 138 Å². The molecule has 8 heterocycles. The van der Waals surface area contributed by atoms with Crippen LogP contribution in [0, 0.1) is 35.5 Å². The number of aromatic amines is 4. The SMILES string of the molecule is CC(C)NS(=O)(=O)N1CCC(C(F)(F)C(O)c2cc(Cl)cc3cn[nH]c23)CC1.CCNS(=O)(=O)N1CCC(C(F)(F)C(O)c2cc(Cl)cc3cn[nH]c23)CC1.CNS(=O)(=O)N1CCC(C(F)(F)C(O)c2cc(Cl)cc3cn[nH]c23)CC1.COC(=O)N1CC2CCC(C1)C2CC(O)c1cc(Cl)cc2cn[nH]c12. The van der Waals surface area contributed by atoms with E-state index in [1.54, 1.807) is 50.1 Å². The van der Waals surface area contributed by atoms with E-state index in [-0.39, 0.29) is 128 Å². The third kappa shape index (κ3) is 18.3. The fourth-order valence-electron chi connectivity index (χ4n) is 15.0. The maximum Gasteiger partial charge on any atom is 0.409 e. The van der Waals surface area contributed by atoms with Crippen LogP contribution in [-0.2, 0) is 35.4 Å². The fraction of sp³-hybridized carbons (Fsp3) is 0.561. The second-order valence-corrected chi connectivity index (χ2v) is 34.5. The van der Waals surface area contributed by atoms with Crippen molar-refractivity contribution in [2.45, 2.75) is 127 Å². The standard InChI is InChI=1S/C18H22ClN3O3.C17H23ClF2N4O3S.C16H21ClF2N4O3S.C15H19ClF2N4O3S/c1-25-18(24)22-8-10-2-3-11(9-22)14(10)6-16(23)15-5-13(19)4-12-7-20-21-17(12)15;1-10(2)23-28(26,27)24-5-3-12(4-6-24)17(19,20)16(25)14-8-13(18)7-11-9-21-22-15(11)14;1-2-21-27(25,26)23-5-3-11(4-6-23)16(18,19)15(24)13-8-12(17)7-10-9-20-22-14(10)13;1-19-26(24,25)22-4-2-10(3-5-22)15(17,18)14(23)12-7-11(16)6-9-8-20-21-13(9)12/h4-5,7,10-11,14,16,23H,2-3,6,8-9H2,1H3,(H,20,21);7-10,12,16,23,25H,3-6H2,1-2H3,(H,21,22);7-9,11,15,21,24H,2-6H2,1H3,(H,20,22);6-8,10,14,19,23H,2-5H2,1H3,(H,20,21). The first kappa shape index (κ1) is 82.7. The van der Waals surface area contributed by atoms with Gasteiger partial charge < -0.3 is 30.1 Å². The number of halogens is 10. The molecule has 0 radical (unpaired) electrons. The highest BCUT2D eigenvalue weighted by atomic mass is 35.5. The Kier molecular flexibility index (Phi) is 26.4. The molecule has 4 saturated heterocycles. The maximum absolute atomic E-state index is 15.1. The molecule has 584 valence electrons. The molecular formula is C66H85Cl4F6N15O12S3. The van der Waals surface area contributed by atoms with Crippen molar-refractivity contribution in [3.63, 3.8) is 0 Å². The largest absolute Gasteiger partial charge is 0.453 e. The van der Waals surface area contributed by atoms with Gasteiger partial charge in [-0.2, -0.15) is 63.3 Å². The van der Waals surface area contributed by atoms with Gasteiger partial charge in [-0.15, -0.1) is 0 Å². The van der Waals surface area contributed by atoms with E-state index in [0.717, 1.165) is 51.0 Å². The van der Waals surface area contributed by atoms with E-state index in [0.29, 0.717) is 61.9 Å². The third-order valence-corrected chi connectivity index (χ3v) is 26.4. The van der Waals surface area contributed by atoms with Gasteiger partial charge in [-0.3, -0.25) is 20.4 Å². The number of carbonyl (C=O) groups is 1. The zero-order valence-corrected chi connectivity index (χ0v) is 63.6. The van der Waals surface area contributed by atoms with E-state index >= 15 is 17.6 Å². The summed E-state index contributed by atoms with van der Waals surface area (Å²) >= 11 is 24.1. The van der Waals surface area contributed by atoms with E-state index in [1.165, 1.54) is 55.3 Å². The lowest BCUT2D eigenvalue weighted by atomic mass is 9.80. The van der Waals surface area contributed by atoms with Crippen LogP contribution >= 0.6 is 46.4 Å². The predicted octanol–water partition coefficient (Wildman–Crippen LogP) is 10.7. The molecule has 4 aromatic heterocycles. The maximum atomic E-state index is 15.1. The van der Waals surface area contributed by atoms with Crippen LogP contribution in [0.4, 0.5) is 31.1 Å². The van der Waals surface area contributed by atoms with E-state index in [9.17, 15) is 59.3 Å². The molecule has 6 unspecified atom stereocenters. The third-order valence-electron chi connectivity index (χ3n) is 20.5. The van der Waals surface area contributed by atoms with Gasteiger partial charge in [0.1, 0.15) is 18.3 Å². The van der Waals surface area contributed by atoms with Crippen LogP contribution in [-0.4, -0.2) is 207 Å². The van der Waals surface area contributed by atoms with Crippen molar-refractivity contribution < 1.29 is 81.6 Å². The summed E-state index contributed by atoms with van der Waals surface area (Å²) in [4.78, 5) is 13.6. The summed E-state index contributed by atoms with van der Waals surface area (Å²) in [6.07, 6.45) is 1.49. The molecule has 11 N–H and O–H groups in total. The summed E-state index contributed by atoms with van der Waals surface area (Å²) in [5.41, 5.74) is 2.48. The van der Waals surface area contributed by atoms with Crippen LogP contribution < -0.4 is 14.2 Å². The van der Waals surface area contributed by atoms with Crippen molar-refractivity contribution in [2.24, 2.45) is 35.5 Å². The van der Waals surface area contributed by atoms with Gasteiger partial charge in [0.2, 0.25) is 0 Å². The van der Waals surface area contributed by atoms with E-state index in [2.05, 4.69) is 55.0 Å². The number of fused-ring (bicyclic) bond motifs is 6. The molecule has 8 aromatic rings. The average Bonchev–Trinajstić information content (AvgIpc) is 1.78. The molecular weight excluding hydrogens is 1550 g/mol. The molecule has 40 heteroatoms. The number of hydrogen-bond donors (Lipinski definition) is 11. The number of likely N-dealkylation sites (tertiary alicyclic amines) is 1. The number of H-pyrrole nitrogens is 4. The zero-order chi connectivity index (χ0) is 77.2. The Morgan fingerprint density at radius 1 is 0.528 bits per heavy atom. The summed E-state index contributed by atoms with van der Waals surface area (Å²) in [5, 5.41) is 72.3. The number of hydrogen-bond acceptors (Lipinski definition) is 16. The number of alkyl halides is 6. The fourth-order valence-corrected chi connectivity index (χ4v) is 19.6. The van der Waals surface area contributed by atoms with Crippen molar-refractivity contribution in [1.29, 1.82) is 0 Å². The molecule has 1 aliphatic carbocycles. The predicted molar refractivity (Wildman–Crippen MR) is 388 cm³/mol. The number of piperidine rings is 4. The Balaban J connectivity index is 0.000000151. The second-order valence-electron chi connectivity index (χ2n) is 27.4. The Bertz CT molecular complexity index is 4700. The van der Waals surface area contributed by atoms with Crippen LogP contribution in [0.3, 0.4) is 0 Å². The van der Waals surface area contributed by atoms with Crippen LogP contribution in [0.15, 0.2) is 73.3 Å². The molecule has 106 heavy (non-hydrogen) atoms. The smallest absolute Gasteiger partial charge is 0.409 e. The highest BCUT2D eigenvalue weighted by Crippen LogP contribution is 2.50. The number of rotatable bonds is 20. The number of nitrogens with one attached hydrogen (secondary N) is 7. The van der Waals surface area contributed by atoms with E-state index in [1.807, 2.05) is 12.1 Å². The second kappa shape index (κ2) is 33.8. The number of carbonyl (C=O) groups excluding carboxylic acids is 1. The molecule has 1 amide bonds. The molecule has 4 aliphatic heterocycles. The number of amides is 1. The molecule has 6 atom stereocenters. The van der Waals surface area contributed by atoms with Gasteiger partial charge in [0.05, 0.1) is 60.1 Å². The minimum absolute atomic E-state index is 0.0253. The number of benzene rings is 4. The summed E-state index contributed by atoms with van der Waals surface area (Å²) < 4.78 is 177. The van der Waals surface area contributed by atoms with Crippen molar-refractivity contribution in [1.82, 2.24) is 72.8 Å². The van der Waals surface area contributed by atoms with Crippen molar-refractivity contribution in [3.8, 4) is 0 Å². The first-order chi connectivity index (χ1) is 49.9. The lowest BCUT2D eigenvalue weighted by molar-refractivity contribution is -0.158. The highest BCUT2D eigenvalue weighted by molar-refractivity contribution is 7.87. The van der Waals surface area contributed by atoms with Crippen LogP contribution in [0.25, 0.3) is 43.6 Å². The minimum atomic E-state index is -3.71. The first-order valence-electron chi connectivity index (χ1n) is 34.3. The number of aliphatic hydroxyl groups is 4. The summed E-state index contributed by atoms with van der Waals surface area (Å²) in [5.74, 6) is -12.6. The van der Waals surface area contributed by atoms with Crippen LogP contribution in [0.2, 0.25) is 20.1 Å². The molecule has 27 nitrogen and oxygen atoms in total. The summed E-state index contributed by atoms with van der Waals surface area (Å²) in [6.45, 7) is 6.48. The molecule has 1 saturated carbocycles. The van der Waals surface area contributed by atoms with Gasteiger partial charge in [0.15, 0.2) is 0 Å². The van der Waals surface area contributed by atoms with Gasteiger partial charge >= 0.3 is 6.09 Å². The normalized spacial score (nSPS) is 20.8. The lowest BCUT2D eigenvalue weighted by Crippen LogP contribution is -2.49. The van der Waals surface area contributed by atoms with Gasteiger partial charge in [0.25, 0.3) is 48.4 Å². The van der Waals surface area contributed by atoms with Crippen LogP contribution in [0.1, 0.15) is 125 Å². The molecule has 2 bridgehead atoms. The van der Waals surface area contributed by atoms with Crippen molar-refractivity contribution in [2.75, 3.05) is 73.1 Å². The Hall–Kier alpha value is -5.78. The van der Waals surface area contributed by atoms with Crippen molar-refractivity contribution in [3.05, 3.63) is 116 Å². The number of nitrogens with zero attached hydrogens (tertiary/aromatic N) is 8. The van der Waals surface area contributed by atoms with Gasteiger partial charge in [-0.1, -0.05) is 53.3 Å². The zero-order valence-electron chi connectivity index (χ0n) is 58.1. The van der Waals surface area contributed by atoms with Crippen molar-refractivity contribution >= 4 is 127 Å². The van der Waals surface area contributed by atoms with Crippen LogP contribution in [0.5, 0.6) is 0 Å². The minimum Gasteiger partial charge on any atom is -0.453 e. The number of aliphatic hydroxyl groups excluding tert-OH is 4. The van der Waals surface area contributed by atoms with Gasteiger partial charge in [0, 0.05) is 154 Å². The molecule has 13 rings (SSSR count). The molecule has 0 spiro atoms. The summed E-state index contributed by atoms with van der Waals surface area (Å²) in [7, 11) is -8.31. The molecule has 4 aromatic carbocycles. The van der Waals surface area contributed by atoms with E-state index in [4.69, 9.17) is 51.1 Å². The van der Waals surface area contributed by atoms with Gasteiger partial charge in [-0.25, -0.2) is 40.6 Å². The Labute approximate surface area is 628 Å². The Morgan fingerprint density at radius 2 is 0.840 bits per heavy atom. The Morgan fingerprint density at radius 3 is 1.15 bits per heavy atom. The topological polar surface area (TPSA) is 373 Å². The van der Waals surface area contributed by atoms with E-state index < -0.39 is 90.6 Å². The summed E-state index contributed by atoms with van der Waals surface area (Å²) in [6, 6.07) is 12.0. The lowest BCUT2D eigenvalue weighted by Gasteiger charge is -2.38. The highest BCUT2D eigenvalue weighted by Gasteiger charge is 2.53. The molecule has 5 aliphatic rings. The number of aromatic nitrogens is 8. The average molecular weight is 1630 g/mol. The number of methoxy groups -OCH3 is 1.